The molecule has 2 nitrogen and oxygen atoms in total. The van der Waals surface area contributed by atoms with Crippen LogP contribution in [0.2, 0.25) is 5.02 Å². The van der Waals surface area contributed by atoms with Gasteiger partial charge in [0.05, 0.1) is 10.7 Å². The number of nitrogens with zero attached hydrogens (tertiary/aromatic N) is 1. The van der Waals surface area contributed by atoms with E-state index in [4.69, 9.17) is 11.6 Å². The molecule has 0 bridgehead atoms. The Morgan fingerprint density at radius 2 is 1.90 bits per heavy atom. The molecule has 0 atom stereocenters. The van der Waals surface area contributed by atoms with E-state index in [0.29, 0.717) is 15.9 Å². The predicted molar refractivity (Wildman–Crippen MR) is 86.3 cm³/mol. The van der Waals surface area contributed by atoms with Gasteiger partial charge in [0.25, 0.3) is 0 Å². The van der Waals surface area contributed by atoms with Gasteiger partial charge in [0.1, 0.15) is 11.3 Å². The fraction of sp³-hybridized carbons (Fsp3) is 0.118. The fourth-order valence-corrected chi connectivity index (χ4v) is 2.61. The lowest BCUT2D eigenvalue weighted by Crippen LogP contribution is -2.00. The van der Waals surface area contributed by atoms with Gasteiger partial charge in [0, 0.05) is 23.2 Å². The molecule has 0 saturated heterocycles. The Labute approximate surface area is 127 Å². The van der Waals surface area contributed by atoms with Crippen LogP contribution in [0.5, 0.6) is 0 Å². The number of rotatable bonds is 3. The highest BCUT2D eigenvalue weighted by Crippen LogP contribution is 2.34. The average molecular weight is 301 g/mol. The number of anilines is 1. The van der Waals surface area contributed by atoms with Gasteiger partial charge in [0.2, 0.25) is 0 Å². The second-order valence-corrected chi connectivity index (χ2v) is 5.11. The number of halogens is 2. The zero-order chi connectivity index (χ0) is 14.8. The third kappa shape index (κ3) is 2.57. The molecule has 3 aromatic rings. The summed E-state index contributed by atoms with van der Waals surface area (Å²) in [6, 6.07) is 14.5. The summed E-state index contributed by atoms with van der Waals surface area (Å²) >= 11 is 6.22. The van der Waals surface area contributed by atoms with Crippen molar-refractivity contribution in [3.63, 3.8) is 0 Å². The zero-order valence-corrected chi connectivity index (χ0v) is 12.3. The van der Waals surface area contributed by atoms with Crippen molar-refractivity contribution in [3.8, 4) is 11.3 Å². The maximum Gasteiger partial charge on any atom is 0.149 e. The van der Waals surface area contributed by atoms with Gasteiger partial charge in [0.15, 0.2) is 0 Å². The first-order valence-corrected chi connectivity index (χ1v) is 7.16. The molecule has 0 amide bonds. The smallest absolute Gasteiger partial charge is 0.149 e. The van der Waals surface area contributed by atoms with Gasteiger partial charge in [-0.1, -0.05) is 41.9 Å². The first-order chi connectivity index (χ1) is 10.2. The van der Waals surface area contributed by atoms with Crippen LogP contribution in [0.25, 0.3) is 22.2 Å². The Kier molecular flexibility index (Phi) is 3.76. The molecule has 0 radical (unpaired) electrons. The molecule has 0 aliphatic heterocycles. The first kappa shape index (κ1) is 13.8. The summed E-state index contributed by atoms with van der Waals surface area (Å²) in [4.78, 5) is 4.45. The molecule has 1 heterocycles. The molecule has 106 valence electrons. The van der Waals surface area contributed by atoms with Crippen LogP contribution >= 0.6 is 11.6 Å². The molecule has 3 rings (SSSR count). The van der Waals surface area contributed by atoms with Crippen LogP contribution in [0.3, 0.4) is 0 Å². The highest BCUT2D eigenvalue weighted by atomic mass is 35.5. The van der Waals surface area contributed by atoms with Crippen molar-refractivity contribution < 1.29 is 4.39 Å². The lowest BCUT2D eigenvalue weighted by molar-refractivity contribution is 0.637. The van der Waals surface area contributed by atoms with Crippen LogP contribution in [0, 0.1) is 5.82 Å². The lowest BCUT2D eigenvalue weighted by Gasteiger charge is -2.12. The molecule has 0 saturated carbocycles. The summed E-state index contributed by atoms with van der Waals surface area (Å²) in [6.07, 6.45) is 0. The second kappa shape index (κ2) is 5.70. The lowest BCUT2D eigenvalue weighted by atomic mass is 10.1. The van der Waals surface area contributed by atoms with Crippen LogP contribution in [0.15, 0.2) is 48.5 Å². The van der Waals surface area contributed by atoms with Crippen LogP contribution in [0.1, 0.15) is 6.92 Å². The van der Waals surface area contributed by atoms with Crippen LogP contribution in [-0.2, 0) is 0 Å². The van der Waals surface area contributed by atoms with E-state index in [9.17, 15) is 4.39 Å². The second-order valence-electron chi connectivity index (χ2n) is 4.70. The number of pyridine rings is 1. The van der Waals surface area contributed by atoms with Crippen molar-refractivity contribution in [2.24, 2.45) is 0 Å². The number of hydrogen-bond donors (Lipinski definition) is 1. The Morgan fingerprint density at radius 3 is 2.62 bits per heavy atom. The van der Waals surface area contributed by atoms with Gasteiger partial charge < -0.3 is 5.32 Å². The summed E-state index contributed by atoms with van der Waals surface area (Å²) in [5, 5.41) is 4.36. The topological polar surface area (TPSA) is 24.9 Å². The number of fused-ring (bicyclic) bond motifs is 1. The van der Waals surface area contributed by atoms with Crippen LogP contribution in [-0.4, -0.2) is 11.5 Å². The third-order valence-electron chi connectivity index (χ3n) is 3.30. The van der Waals surface area contributed by atoms with Crippen molar-refractivity contribution >= 4 is 28.2 Å². The molecule has 1 aromatic heterocycles. The predicted octanol–water partition coefficient (Wildman–Crippen LogP) is 5.13. The Balaban J connectivity index is 2.32. The van der Waals surface area contributed by atoms with Crippen LogP contribution in [0.4, 0.5) is 10.1 Å². The van der Waals surface area contributed by atoms with E-state index < -0.39 is 0 Å². The Bertz CT molecular complexity index is 788. The minimum absolute atomic E-state index is 0.291. The van der Waals surface area contributed by atoms with Crippen molar-refractivity contribution in [3.05, 3.63) is 59.4 Å². The average Bonchev–Trinajstić information content (AvgIpc) is 2.52. The monoisotopic (exact) mass is 300 g/mol. The summed E-state index contributed by atoms with van der Waals surface area (Å²) < 4.78 is 14.1. The molecule has 0 aliphatic rings. The van der Waals surface area contributed by atoms with Crippen LogP contribution < -0.4 is 5.32 Å². The highest BCUT2D eigenvalue weighted by Gasteiger charge is 2.13. The van der Waals surface area contributed by atoms with E-state index in [0.717, 1.165) is 23.5 Å². The minimum atomic E-state index is -0.369. The van der Waals surface area contributed by atoms with Gasteiger partial charge in [-0.2, -0.15) is 0 Å². The number of nitrogens with one attached hydrogen (secondary N) is 1. The summed E-state index contributed by atoms with van der Waals surface area (Å²) in [6.45, 7) is 2.71. The van der Waals surface area contributed by atoms with Crippen molar-refractivity contribution in [1.82, 2.24) is 4.98 Å². The standard InChI is InChI=1S/C17H14ClFN2/c1-2-20-15-10-14(11-6-4-3-5-7-11)21-17-13(19)9-8-12(18)16(15)17/h3-10H,2H2,1H3,(H,20,21). The minimum Gasteiger partial charge on any atom is -0.385 e. The third-order valence-corrected chi connectivity index (χ3v) is 3.61. The van der Waals surface area contributed by atoms with Crippen molar-refractivity contribution in [2.75, 3.05) is 11.9 Å². The van der Waals surface area contributed by atoms with E-state index in [-0.39, 0.29) is 5.82 Å². The van der Waals surface area contributed by atoms with E-state index >= 15 is 0 Å². The number of benzene rings is 2. The van der Waals surface area contributed by atoms with Gasteiger partial charge >= 0.3 is 0 Å². The van der Waals surface area contributed by atoms with Crippen molar-refractivity contribution in [2.45, 2.75) is 6.92 Å². The molecule has 1 N–H and O–H groups in total. The Hall–Kier alpha value is -2.13. The Morgan fingerprint density at radius 1 is 1.14 bits per heavy atom. The molecule has 0 spiro atoms. The number of hydrogen-bond acceptors (Lipinski definition) is 2. The molecule has 21 heavy (non-hydrogen) atoms. The molecule has 0 fully saturated rings. The van der Waals surface area contributed by atoms with Gasteiger partial charge in [-0.25, -0.2) is 9.37 Å². The van der Waals surface area contributed by atoms with E-state index in [2.05, 4.69) is 10.3 Å². The fourth-order valence-electron chi connectivity index (χ4n) is 2.35. The molecule has 0 aliphatic carbocycles. The maximum atomic E-state index is 14.1. The SMILES string of the molecule is CCNc1cc(-c2ccccc2)nc2c(F)ccc(Cl)c12. The molecule has 0 unspecified atom stereocenters. The van der Waals surface area contributed by atoms with Gasteiger partial charge in [-0.05, 0) is 25.1 Å². The summed E-state index contributed by atoms with van der Waals surface area (Å²) in [5.41, 5.74) is 2.75. The quantitative estimate of drug-likeness (QED) is 0.725. The van der Waals surface area contributed by atoms with E-state index in [1.165, 1.54) is 6.07 Å². The van der Waals surface area contributed by atoms with Gasteiger partial charge in [-0.3, -0.25) is 0 Å². The summed E-state index contributed by atoms with van der Waals surface area (Å²) in [7, 11) is 0. The number of aromatic nitrogens is 1. The molecular weight excluding hydrogens is 287 g/mol. The van der Waals surface area contributed by atoms with E-state index in [1.807, 2.05) is 43.3 Å². The molecule has 4 heteroatoms. The molecular formula is C17H14ClFN2. The van der Waals surface area contributed by atoms with Crippen molar-refractivity contribution in [1.29, 1.82) is 0 Å². The first-order valence-electron chi connectivity index (χ1n) is 6.78. The molecule has 2 aromatic carbocycles. The van der Waals surface area contributed by atoms with E-state index in [1.54, 1.807) is 6.07 Å². The summed E-state index contributed by atoms with van der Waals surface area (Å²) in [5.74, 6) is -0.369. The normalized spacial score (nSPS) is 10.8. The largest absolute Gasteiger partial charge is 0.385 e. The maximum absolute atomic E-state index is 14.1. The van der Waals surface area contributed by atoms with Gasteiger partial charge in [-0.15, -0.1) is 0 Å². The highest BCUT2D eigenvalue weighted by molar-refractivity contribution is 6.36. The zero-order valence-electron chi connectivity index (χ0n) is 11.5.